The lowest BCUT2D eigenvalue weighted by Crippen LogP contribution is -2.39. The van der Waals surface area contributed by atoms with Crippen LogP contribution in [0.1, 0.15) is 11.3 Å². The molecule has 0 N–H and O–H groups in total. The molecule has 2 aromatic heterocycles. The van der Waals surface area contributed by atoms with Gasteiger partial charge in [0.05, 0.1) is 31.5 Å². The SMILES string of the molecule is COC(=O)N1CCOC(=Cc2c(-c3c(F)cc(Br)cc3F)nc3cc(C)ccn23)C1. The molecule has 1 amide bonds. The van der Waals surface area contributed by atoms with Crippen LogP contribution in [0.3, 0.4) is 0 Å². The van der Waals surface area contributed by atoms with E-state index < -0.39 is 17.7 Å². The number of imidazole rings is 1. The van der Waals surface area contributed by atoms with E-state index in [1.807, 2.05) is 19.1 Å². The summed E-state index contributed by atoms with van der Waals surface area (Å²) in [5.74, 6) is -1.00. The number of amides is 1. The highest BCUT2D eigenvalue weighted by Crippen LogP contribution is 2.33. The molecule has 1 fully saturated rings. The summed E-state index contributed by atoms with van der Waals surface area (Å²) in [6, 6.07) is 6.08. The van der Waals surface area contributed by atoms with Gasteiger partial charge in [-0.25, -0.2) is 18.6 Å². The molecular weight excluding hydrogens is 460 g/mol. The van der Waals surface area contributed by atoms with Crippen molar-refractivity contribution >= 4 is 33.7 Å². The number of hydrogen-bond donors (Lipinski definition) is 0. The predicted octanol–water partition coefficient (Wildman–Crippen LogP) is 4.79. The van der Waals surface area contributed by atoms with Gasteiger partial charge in [-0.1, -0.05) is 15.9 Å². The number of benzene rings is 1. The zero-order chi connectivity index (χ0) is 21.4. The van der Waals surface area contributed by atoms with Crippen LogP contribution in [0.25, 0.3) is 23.0 Å². The van der Waals surface area contributed by atoms with Gasteiger partial charge in [-0.05, 0) is 36.8 Å². The number of pyridine rings is 1. The van der Waals surface area contributed by atoms with Gasteiger partial charge in [0.25, 0.3) is 0 Å². The largest absolute Gasteiger partial charge is 0.494 e. The molecule has 0 spiro atoms. The van der Waals surface area contributed by atoms with Crippen molar-refractivity contribution in [3.8, 4) is 11.3 Å². The third-order valence-corrected chi connectivity index (χ3v) is 5.25. The van der Waals surface area contributed by atoms with E-state index in [2.05, 4.69) is 20.9 Å². The Bertz CT molecular complexity index is 1150. The van der Waals surface area contributed by atoms with Crippen molar-refractivity contribution in [2.45, 2.75) is 6.92 Å². The molecule has 156 valence electrons. The Morgan fingerprint density at radius 1 is 1.30 bits per heavy atom. The van der Waals surface area contributed by atoms with E-state index in [1.54, 1.807) is 16.7 Å². The quantitative estimate of drug-likeness (QED) is 0.532. The zero-order valence-corrected chi connectivity index (χ0v) is 17.9. The average molecular weight is 478 g/mol. The Labute approximate surface area is 179 Å². The standard InChI is InChI=1S/C21H18BrF2N3O3/c1-12-3-4-27-17(10-14-11-26(5-6-30-14)21(28)29-2)20(25-18(27)7-12)19-15(23)8-13(22)9-16(19)24/h3-4,7-10H,5-6,11H2,1-2H3. The topological polar surface area (TPSA) is 56.1 Å². The number of fused-ring (bicyclic) bond motifs is 1. The van der Waals surface area contributed by atoms with Gasteiger partial charge in [-0.2, -0.15) is 0 Å². The van der Waals surface area contributed by atoms with Gasteiger partial charge in [0, 0.05) is 16.7 Å². The molecule has 0 bridgehead atoms. The van der Waals surface area contributed by atoms with Gasteiger partial charge in [-0.15, -0.1) is 0 Å². The van der Waals surface area contributed by atoms with Crippen molar-refractivity contribution in [3.05, 3.63) is 63.6 Å². The van der Waals surface area contributed by atoms with Crippen LogP contribution >= 0.6 is 15.9 Å². The molecule has 9 heteroatoms. The lowest BCUT2D eigenvalue weighted by atomic mass is 10.1. The van der Waals surface area contributed by atoms with Crippen molar-refractivity contribution in [1.29, 1.82) is 0 Å². The molecule has 30 heavy (non-hydrogen) atoms. The van der Waals surface area contributed by atoms with Crippen molar-refractivity contribution in [1.82, 2.24) is 14.3 Å². The predicted molar refractivity (Wildman–Crippen MR) is 111 cm³/mol. The van der Waals surface area contributed by atoms with E-state index in [1.165, 1.54) is 24.1 Å². The Balaban J connectivity index is 1.89. The fourth-order valence-corrected chi connectivity index (χ4v) is 3.78. The van der Waals surface area contributed by atoms with Crippen molar-refractivity contribution in [2.75, 3.05) is 26.8 Å². The normalized spacial score (nSPS) is 15.5. The first-order chi connectivity index (χ1) is 14.4. The number of hydrogen-bond acceptors (Lipinski definition) is 4. The van der Waals surface area contributed by atoms with Crippen LogP contribution < -0.4 is 0 Å². The zero-order valence-electron chi connectivity index (χ0n) is 16.3. The van der Waals surface area contributed by atoms with E-state index in [9.17, 15) is 13.6 Å². The first-order valence-electron chi connectivity index (χ1n) is 9.17. The average Bonchev–Trinajstić information content (AvgIpc) is 3.03. The smallest absolute Gasteiger partial charge is 0.410 e. The monoisotopic (exact) mass is 477 g/mol. The van der Waals surface area contributed by atoms with Crippen molar-refractivity contribution in [2.24, 2.45) is 0 Å². The summed E-state index contributed by atoms with van der Waals surface area (Å²) < 4.78 is 42.0. The minimum atomic E-state index is -0.734. The summed E-state index contributed by atoms with van der Waals surface area (Å²) in [6.07, 6.45) is 2.97. The van der Waals surface area contributed by atoms with Crippen LogP contribution in [-0.2, 0) is 9.47 Å². The molecule has 0 saturated carbocycles. The maximum absolute atomic E-state index is 14.7. The van der Waals surface area contributed by atoms with Crippen LogP contribution in [0.5, 0.6) is 0 Å². The number of ether oxygens (including phenoxy) is 2. The first-order valence-corrected chi connectivity index (χ1v) is 9.96. The third kappa shape index (κ3) is 3.77. The van der Waals surface area contributed by atoms with E-state index in [-0.39, 0.29) is 24.4 Å². The molecule has 4 rings (SSSR count). The molecule has 1 aliphatic rings. The van der Waals surface area contributed by atoms with Crippen LogP contribution in [0.2, 0.25) is 0 Å². The second kappa shape index (κ2) is 8.06. The van der Waals surface area contributed by atoms with E-state index in [0.717, 1.165) is 5.56 Å². The number of morpholine rings is 1. The number of aryl methyl sites for hydroxylation is 1. The second-order valence-electron chi connectivity index (χ2n) is 6.87. The minimum absolute atomic E-state index is 0.148. The second-order valence-corrected chi connectivity index (χ2v) is 7.79. The summed E-state index contributed by atoms with van der Waals surface area (Å²) in [4.78, 5) is 17.9. The highest BCUT2D eigenvalue weighted by molar-refractivity contribution is 9.10. The number of halogens is 3. The van der Waals surface area contributed by atoms with Crippen LogP contribution in [0.4, 0.5) is 13.6 Å². The number of nitrogens with zero attached hydrogens (tertiary/aromatic N) is 3. The lowest BCUT2D eigenvalue weighted by molar-refractivity contribution is 0.0741. The first kappa shape index (κ1) is 20.3. The maximum Gasteiger partial charge on any atom is 0.410 e. The van der Waals surface area contributed by atoms with Crippen LogP contribution in [0.15, 0.2) is 40.7 Å². The molecule has 0 aliphatic carbocycles. The van der Waals surface area contributed by atoms with Crippen LogP contribution in [0, 0.1) is 18.6 Å². The Hall–Kier alpha value is -2.94. The molecule has 0 atom stereocenters. The number of carbonyl (C=O) groups excluding carboxylic acids is 1. The fourth-order valence-electron chi connectivity index (χ4n) is 3.38. The summed E-state index contributed by atoms with van der Waals surface area (Å²) in [6.45, 7) is 2.76. The third-order valence-electron chi connectivity index (χ3n) is 4.79. The van der Waals surface area contributed by atoms with Crippen LogP contribution in [-0.4, -0.2) is 47.2 Å². The molecule has 6 nitrogen and oxygen atoms in total. The Kier molecular flexibility index (Phi) is 5.46. The lowest BCUT2D eigenvalue weighted by Gasteiger charge is -2.27. The number of carbonyl (C=O) groups is 1. The molecule has 1 aromatic carbocycles. The molecule has 3 heterocycles. The number of rotatable bonds is 2. The van der Waals surface area contributed by atoms with Gasteiger partial charge in [-0.3, -0.25) is 9.30 Å². The summed E-state index contributed by atoms with van der Waals surface area (Å²) >= 11 is 3.10. The van der Waals surface area contributed by atoms with E-state index in [4.69, 9.17) is 9.47 Å². The maximum atomic E-state index is 14.7. The molecule has 1 aliphatic heterocycles. The molecule has 0 unspecified atom stereocenters. The van der Waals surface area contributed by atoms with Crippen molar-refractivity contribution in [3.63, 3.8) is 0 Å². The van der Waals surface area contributed by atoms with Gasteiger partial charge in [0.1, 0.15) is 35.3 Å². The van der Waals surface area contributed by atoms with Gasteiger partial charge < -0.3 is 9.47 Å². The molecule has 3 aromatic rings. The van der Waals surface area contributed by atoms with Gasteiger partial charge in [0.2, 0.25) is 0 Å². The number of aromatic nitrogens is 2. The Morgan fingerprint density at radius 2 is 2.03 bits per heavy atom. The Morgan fingerprint density at radius 3 is 2.73 bits per heavy atom. The summed E-state index contributed by atoms with van der Waals surface area (Å²) in [5.41, 5.74) is 1.87. The highest BCUT2D eigenvalue weighted by atomic mass is 79.9. The highest BCUT2D eigenvalue weighted by Gasteiger charge is 2.24. The minimum Gasteiger partial charge on any atom is -0.494 e. The molecular formula is C21H18BrF2N3O3. The van der Waals surface area contributed by atoms with E-state index >= 15 is 0 Å². The van der Waals surface area contributed by atoms with E-state index in [0.29, 0.717) is 28.1 Å². The summed E-state index contributed by atoms with van der Waals surface area (Å²) in [5, 5.41) is 0. The fraction of sp³-hybridized carbons (Fsp3) is 0.238. The molecule has 1 saturated heterocycles. The van der Waals surface area contributed by atoms with Gasteiger partial charge >= 0.3 is 6.09 Å². The number of methoxy groups -OCH3 is 1. The molecule has 0 radical (unpaired) electrons. The van der Waals surface area contributed by atoms with Crippen molar-refractivity contribution < 1.29 is 23.0 Å². The van der Waals surface area contributed by atoms with Gasteiger partial charge in [0.15, 0.2) is 0 Å². The summed E-state index contributed by atoms with van der Waals surface area (Å²) in [7, 11) is 1.31.